The third-order valence-corrected chi connectivity index (χ3v) is 5.98. The van der Waals surface area contributed by atoms with Gasteiger partial charge in [-0.05, 0) is 57.2 Å². The maximum atomic E-state index is 13.0. The third-order valence-electron chi connectivity index (χ3n) is 5.17. The molecule has 10 nitrogen and oxygen atoms in total. The van der Waals surface area contributed by atoms with Crippen molar-refractivity contribution in [2.24, 2.45) is 0 Å². The van der Waals surface area contributed by atoms with E-state index in [-0.39, 0.29) is 48.3 Å². The van der Waals surface area contributed by atoms with Crippen LogP contribution in [0.15, 0.2) is 72.1 Å². The maximum absolute atomic E-state index is 13.0. The number of aromatic nitrogens is 2. The molecule has 0 radical (unpaired) electrons. The van der Waals surface area contributed by atoms with E-state index in [1.165, 1.54) is 23.5 Å². The van der Waals surface area contributed by atoms with Crippen LogP contribution in [0, 0.1) is 0 Å². The van der Waals surface area contributed by atoms with Gasteiger partial charge in [0.15, 0.2) is 5.13 Å². The van der Waals surface area contributed by atoms with Gasteiger partial charge in [-0.3, -0.25) is 19.7 Å². The number of ether oxygens (including phenoxy) is 3. The van der Waals surface area contributed by atoms with Gasteiger partial charge in [0.05, 0.1) is 30.4 Å². The summed E-state index contributed by atoms with van der Waals surface area (Å²) in [6, 6.07) is 18.7. The van der Waals surface area contributed by atoms with Crippen LogP contribution >= 0.6 is 11.3 Å². The topological polar surface area (TPSA) is 129 Å². The summed E-state index contributed by atoms with van der Waals surface area (Å²) in [5.74, 6) is -0.251. The van der Waals surface area contributed by atoms with E-state index >= 15 is 0 Å². The van der Waals surface area contributed by atoms with Crippen molar-refractivity contribution in [1.29, 1.82) is 0 Å². The molecule has 0 aliphatic rings. The van der Waals surface area contributed by atoms with E-state index in [2.05, 4.69) is 20.6 Å². The number of nitrogens with zero attached hydrogens (tertiary/aromatic N) is 2. The summed E-state index contributed by atoms with van der Waals surface area (Å²) in [4.78, 5) is 45.8. The summed E-state index contributed by atoms with van der Waals surface area (Å²) in [7, 11) is 0. The fraction of sp³-hybridized carbons (Fsp3) is 0.207. The van der Waals surface area contributed by atoms with Crippen molar-refractivity contribution in [2.75, 3.05) is 17.2 Å². The summed E-state index contributed by atoms with van der Waals surface area (Å²) in [5.41, 5.74) is 1.89. The Balaban J connectivity index is 1.46. The van der Waals surface area contributed by atoms with Gasteiger partial charge < -0.3 is 19.5 Å². The highest BCUT2D eigenvalue weighted by Gasteiger charge is 2.16. The standard InChI is InChI=1S/C29H28N4O6S/c1-4-37-26(34)16-22-17-40-29(31-22)33-28(36)20-14-24(38-18(2)3)32-25(15-20)39-23-12-10-21(11-13-23)30-27(35)19-8-6-5-7-9-19/h5-15,17-18H,4,16H2,1-3H3,(H,30,35)(H,31,33,36). The molecule has 2 N–H and O–H groups in total. The number of hydrogen-bond donors (Lipinski definition) is 2. The molecule has 4 aromatic rings. The van der Waals surface area contributed by atoms with Crippen LogP contribution in [0.2, 0.25) is 0 Å². The molecule has 4 rings (SSSR count). The van der Waals surface area contributed by atoms with Crippen LogP contribution in [0.3, 0.4) is 0 Å². The lowest BCUT2D eigenvalue weighted by molar-refractivity contribution is -0.142. The van der Waals surface area contributed by atoms with Crippen LogP contribution in [0.25, 0.3) is 0 Å². The predicted octanol–water partition coefficient (Wildman–Crippen LogP) is 5.73. The highest BCUT2D eigenvalue weighted by Crippen LogP contribution is 2.27. The van der Waals surface area contributed by atoms with Crippen LogP contribution in [0.5, 0.6) is 17.5 Å². The number of benzene rings is 2. The molecule has 2 aromatic heterocycles. The molecule has 0 atom stereocenters. The molecule has 206 valence electrons. The Morgan fingerprint density at radius 2 is 1.57 bits per heavy atom. The lowest BCUT2D eigenvalue weighted by Crippen LogP contribution is -2.14. The van der Waals surface area contributed by atoms with Crippen molar-refractivity contribution >= 4 is 39.9 Å². The van der Waals surface area contributed by atoms with Gasteiger partial charge in [-0.15, -0.1) is 11.3 Å². The van der Waals surface area contributed by atoms with Crippen LogP contribution in [-0.4, -0.2) is 40.5 Å². The first-order chi connectivity index (χ1) is 19.3. The first-order valence-corrected chi connectivity index (χ1v) is 13.4. The maximum Gasteiger partial charge on any atom is 0.311 e. The largest absolute Gasteiger partial charge is 0.475 e. The van der Waals surface area contributed by atoms with E-state index in [9.17, 15) is 14.4 Å². The van der Waals surface area contributed by atoms with Gasteiger partial charge in [0.1, 0.15) is 5.75 Å². The molecule has 2 heterocycles. The smallest absolute Gasteiger partial charge is 0.311 e. The highest BCUT2D eigenvalue weighted by molar-refractivity contribution is 7.14. The van der Waals surface area contributed by atoms with E-state index in [1.54, 1.807) is 60.8 Å². The van der Waals surface area contributed by atoms with Gasteiger partial charge >= 0.3 is 5.97 Å². The molecular weight excluding hydrogens is 532 g/mol. The van der Waals surface area contributed by atoms with Crippen LogP contribution < -0.4 is 20.1 Å². The fourth-order valence-electron chi connectivity index (χ4n) is 3.46. The summed E-state index contributed by atoms with van der Waals surface area (Å²) >= 11 is 1.20. The molecule has 2 amide bonds. The highest BCUT2D eigenvalue weighted by atomic mass is 32.1. The Morgan fingerprint density at radius 1 is 0.875 bits per heavy atom. The van der Waals surface area contributed by atoms with Crippen molar-refractivity contribution in [3.63, 3.8) is 0 Å². The molecule has 0 bridgehead atoms. The molecule has 11 heteroatoms. The molecule has 0 fully saturated rings. The zero-order valence-electron chi connectivity index (χ0n) is 22.2. The number of nitrogens with one attached hydrogen (secondary N) is 2. The van der Waals surface area contributed by atoms with Crippen molar-refractivity contribution < 1.29 is 28.6 Å². The second-order valence-electron chi connectivity index (χ2n) is 8.73. The second kappa shape index (κ2) is 13.3. The first kappa shape index (κ1) is 28.2. The number of carbonyl (C=O) groups is 3. The number of esters is 1. The van der Waals surface area contributed by atoms with Gasteiger partial charge in [-0.2, -0.15) is 4.98 Å². The van der Waals surface area contributed by atoms with Crippen LogP contribution in [-0.2, 0) is 16.0 Å². The summed E-state index contributed by atoms with van der Waals surface area (Å²) in [5, 5.41) is 7.59. The molecule has 40 heavy (non-hydrogen) atoms. The molecule has 0 aliphatic carbocycles. The minimum atomic E-state index is -0.447. The average Bonchev–Trinajstić information content (AvgIpc) is 3.36. The number of pyridine rings is 1. The molecule has 0 saturated carbocycles. The first-order valence-electron chi connectivity index (χ1n) is 12.5. The Morgan fingerprint density at radius 3 is 2.27 bits per heavy atom. The van der Waals surface area contributed by atoms with Gasteiger partial charge in [-0.25, -0.2) is 4.98 Å². The van der Waals surface area contributed by atoms with Crippen molar-refractivity contribution in [2.45, 2.75) is 33.3 Å². The predicted molar refractivity (Wildman–Crippen MR) is 151 cm³/mol. The monoisotopic (exact) mass is 560 g/mol. The Labute approximate surface area is 235 Å². The third kappa shape index (κ3) is 8.11. The zero-order valence-corrected chi connectivity index (χ0v) is 23.0. The minimum Gasteiger partial charge on any atom is -0.475 e. The van der Waals surface area contributed by atoms with E-state index in [0.29, 0.717) is 27.8 Å². The Kier molecular flexibility index (Phi) is 9.42. The number of amides is 2. The molecule has 0 spiro atoms. The van der Waals surface area contributed by atoms with Crippen molar-refractivity contribution in [3.05, 3.63) is 88.9 Å². The quantitative estimate of drug-likeness (QED) is 0.223. The summed E-state index contributed by atoms with van der Waals surface area (Å²) in [6.45, 7) is 5.71. The van der Waals surface area contributed by atoms with E-state index in [4.69, 9.17) is 14.2 Å². The van der Waals surface area contributed by atoms with Gasteiger partial charge in [0.2, 0.25) is 11.8 Å². The number of hydrogen-bond acceptors (Lipinski definition) is 9. The Hall–Kier alpha value is -4.77. The minimum absolute atomic E-state index is 0.0224. The lowest BCUT2D eigenvalue weighted by Gasteiger charge is -2.13. The van der Waals surface area contributed by atoms with Crippen LogP contribution in [0.4, 0.5) is 10.8 Å². The zero-order chi connectivity index (χ0) is 28.5. The summed E-state index contributed by atoms with van der Waals surface area (Å²) < 4.78 is 16.6. The molecule has 0 aliphatic heterocycles. The number of anilines is 2. The normalized spacial score (nSPS) is 10.6. The van der Waals surface area contributed by atoms with Gasteiger partial charge in [-0.1, -0.05) is 18.2 Å². The average molecular weight is 561 g/mol. The van der Waals surface area contributed by atoms with Crippen LogP contribution in [0.1, 0.15) is 47.2 Å². The van der Waals surface area contributed by atoms with E-state index in [1.807, 2.05) is 19.9 Å². The summed E-state index contributed by atoms with van der Waals surface area (Å²) in [6.07, 6.45) is -0.162. The number of carbonyl (C=O) groups excluding carboxylic acids is 3. The molecule has 2 aromatic carbocycles. The molecule has 0 saturated heterocycles. The molecular formula is C29H28N4O6S. The van der Waals surface area contributed by atoms with Crippen molar-refractivity contribution in [3.8, 4) is 17.5 Å². The van der Waals surface area contributed by atoms with Gasteiger partial charge in [0, 0.05) is 28.8 Å². The SMILES string of the molecule is CCOC(=O)Cc1csc(NC(=O)c2cc(Oc3ccc(NC(=O)c4ccccc4)cc3)nc(OC(C)C)c2)n1. The molecule has 0 unspecified atom stereocenters. The Bertz CT molecular complexity index is 1470. The second-order valence-corrected chi connectivity index (χ2v) is 9.58. The van der Waals surface area contributed by atoms with Crippen molar-refractivity contribution in [1.82, 2.24) is 9.97 Å². The van der Waals surface area contributed by atoms with Gasteiger partial charge in [0.25, 0.3) is 11.8 Å². The number of rotatable bonds is 11. The van der Waals surface area contributed by atoms with E-state index < -0.39 is 5.91 Å². The fourth-order valence-corrected chi connectivity index (χ4v) is 4.17. The number of thiazole rings is 1. The lowest BCUT2D eigenvalue weighted by atomic mass is 10.2. The van der Waals surface area contributed by atoms with E-state index in [0.717, 1.165) is 0 Å².